The number of hydrogen-bond acceptors (Lipinski definition) is 9. The van der Waals surface area contributed by atoms with Crippen LogP contribution in [0.3, 0.4) is 0 Å². The molecule has 2 amide bonds. The Bertz CT molecular complexity index is 1390. The van der Waals surface area contributed by atoms with Crippen molar-refractivity contribution in [3.8, 4) is 11.5 Å². The Hall–Kier alpha value is -3.42. The number of carbonyl (C=O) groups excluding carboxylic acids is 2. The predicted octanol–water partition coefficient (Wildman–Crippen LogP) is -0.874. The van der Waals surface area contributed by atoms with E-state index < -0.39 is 27.0 Å². The molecule has 2 N–H and O–H groups in total. The molecule has 3 aromatic rings. The molecule has 0 fully saturated rings. The van der Waals surface area contributed by atoms with Crippen molar-refractivity contribution < 1.29 is 66.0 Å². The Kier molecular flexibility index (Phi) is 10.4. The van der Waals surface area contributed by atoms with Gasteiger partial charge in [0.05, 0.1) is 20.4 Å². The van der Waals surface area contributed by atoms with Gasteiger partial charge >= 0.3 is 29.6 Å². The number of ether oxygens (including phenoxy) is 2. The fourth-order valence-electron chi connectivity index (χ4n) is 2.80. The number of hydrogen-bond donors (Lipinski definition) is 2. The summed E-state index contributed by atoms with van der Waals surface area (Å²) in [5.41, 5.74) is 2.90. The Morgan fingerprint density at radius 1 is 1.00 bits per heavy atom. The molecule has 11 nitrogen and oxygen atoms in total. The summed E-state index contributed by atoms with van der Waals surface area (Å²) < 4.78 is 48.2. The van der Waals surface area contributed by atoms with Crippen LogP contribution in [0.4, 0.5) is 0 Å². The van der Waals surface area contributed by atoms with Crippen LogP contribution in [0.2, 0.25) is 0 Å². The molecular formula is C23H20N3NaO8S. The van der Waals surface area contributed by atoms with Crippen LogP contribution in [0.25, 0.3) is 6.08 Å². The molecule has 182 valence electrons. The first kappa shape index (κ1) is 28.8. The van der Waals surface area contributed by atoms with E-state index in [0.717, 1.165) is 12.3 Å². The summed E-state index contributed by atoms with van der Waals surface area (Å²) in [5.74, 6) is -0.517. The fourth-order valence-corrected chi connectivity index (χ4v) is 3.24. The number of methoxy groups -OCH3 is 2. The first-order chi connectivity index (χ1) is 16.7. The molecule has 0 spiro atoms. The first-order valence-electron chi connectivity index (χ1n) is 9.90. The molecule has 0 aliphatic heterocycles. The van der Waals surface area contributed by atoms with E-state index in [9.17, 15) is 22.6 Å². The van der Waals surface area contributed by atoms with Crippen molar-refractivity contribution in [2.45, 2.75) is 5.09 Å². The van der Waals surface area contributed by atoms with Gasteiger partial charge in [-0.25, -0.2) is 13.8 Å². The minimum Gasteiger partial charge on any atom is -0.742 e. The third-order valence-electron chi connectivity index (χ3n) is 4.45. The van der Waals surface area contributed by atoms with Gasteiger partial charge in [-0.15, -0.1) is 0 Å². The van der Waals surface area contributed by atoms with E-state index in [2.05, 4.69) is 15.8 Å². The maximum atomic E-state index is 12.8. The van der Waals surface area contributed by atoms with Crippen molar-refractivity contribution >= 4 is 34.2 Å². The molecule has 0 radical (unpaired) electrons. The zero-order valence-electron chi connectivity index (χ0n) is 19.5. The second kappa shape index (κ2) is 13.0. The number of benzene rings is 2. The summed E-state index contributed by atoms with van der Waals surface area (Å²) in [6.07, 6.45) is 2.41. The summed E-state index contributed by atoms with van der Waals surface area (Å²) in [6.45, 7) is 0. The summed E-state index contributed by atoms with van der Waals surface area (Å²) in [6, 6.07) is 15.3. The zero-order chi connectivity index (χ0) is 25.4. The minimum absolute atomic E-state index is 0. The van der Waals surface area contributed by atoms with E-state index in [1.807, 2.05) is 0 Å². The monoisotopic (exact) mass is 521 g/mol. The number of furan rings is 1. The smallest absolute Gasteiger partial charge is 0.742 e. The standard InChI is InChI=1S/C23H21N3O8S.Na/c1-32-19-10-8-15(13-20(19)33-2)12-18(25-22(27)16-6-4-3-5-7-16)23(28)26-24-14-17-9-11-21(34-17)35(29,30)31;/h3-14H,1-2H3,(H,25,27)(H,26,28)(H,29,30,31);/q;+1/p-1. The van der Waals surface area contributed by atoms with Gasteiger partial charge < -0.3 is 23.8 Å². The zero-order valence-corrected chi connectivity index (χ0v) is 22.4. The molecule has 3 rings (SSSR count). The minimum atomic E-state index is -4.76. The molecule has 0 saturated carbocycles. The molecule has 36 heavy (non-hydrogen) atoms. The van der Waals surface area contributed by atoms with Gasteiger partial charge in [-0.2, -0.15) is 5.10 Å². The summed E-state index contributed by atoms with van der Waals surface area (Å²) >= 11 is 0. The van der Waals surface area contributed by atoms with Crippen LogP contribution in [-0.2, 0) is 14.9 Å². The Balaban J connectivity index is 0.00000456. The Morgan fingerprint density at radius 2 is 1.69 bits per heavy atom. The number of nitrogens with one attached hydrogen (secondary N) is 2. The van der Waals surface area contributed by atoms with E-state index in [1.54, 1.807) is 48.5 Å². The SMILES string of the molecule is COc1ccc(C=C(NC(=O)c2ccccc2)C(=O)NN=Cc2ccc(S(=O)(=O)[O-])o2)cc1OC.[Na+]. The Labute approximate surface area is 229 Å². The average Bonchev–Trinajstić information content (AvgIpc) is 3.33. The van der Waals surface area contributed by atoms with Gasteiger partial charge in [0, 0.05) is 5.56 Å². The van der Waals surface area contributed by atoms with Crippen LogP contribution in [0.5, 0.6) is 11.5 Å². The van der Waals surface area contributed by atoms with Gasteiger partial charge in [0.15, 0.2) is 21.6 Å². The quantitative estimate of drug-likeness (QED) is 0.121. The van der Waals surface area contributed by atoms with Crippen LogP contribution >= 0.6 is 0 Å². The number of carbonyl (C=O) groups is 2. The number of nitrogens with zero attached hydrogens (tertiary/aromatic N) is 1. The molecule has 0 aliphatic carbocycles. The average molecular weight is 521 g/mol. The van der Waals surface area contributed by atoms with E-state index in [-0.39, 0.29) is 41.0 Å². The molecule has 0 bridgehead atoms. The normalized spacial score (nSPS) is 11.5. The molecule has 0 aliphatic rings. The molecule has 1 aromatic heterocycles. The van der Waals surface area contributed by atoms with Crippen molar-refractivity contribution in [3.05, 3.63) is 83.2 Å². The van der Waals surface area contributed by atoms with Crippen molar-refractivity contribution in [3.63, 3.8) is 0 Å². The van der Waals surface area contributed by atoms with Crippen molar-refractivity contribution in [2.24, 2.45) is 5.10 Å². The molecular weight excluding hydrogens is 501 g/mol. The maximum absolute atomic E-state index is 12.8. The number of hydrazone groups is 1. The largest absolute Gasteiger partial charge is 1.00 e. The molecule has 0 unspecified atom stereocenters. The molecule has 13 heteroatoms. The van der Waals surface area contributed by atoms with Crippen LogP contribution in [0.15, 0.2) is 81.0 Å². The number of rotatable bonds is 9. The third-order valence-corrected chi connectivity index (χ3v) is 5.17. The topological polar surface area (TPSA) is 159 Å². The van der Waals surface area contributed by atoms with Crippen molar-refractivity contribution in [1.29, 1.82) is 0 Å². The van der Waals surface area contributed by atoms with Gasteiger partial charge in [-0.1, -0.05) is 24.3 Å². The van der Waals surface area contributed by atoms with Crippen LogP contribution < -0.4 is 49.8 Å². The second-order valence-electron chi connectivity index (χ2n) is 6.80. The molecule has 0 atom stereocenters. The third kappa shape index (κ3) is 7.80. The van der Waals surface area contributed by atoms with Gasteiger partial charge in [0.2, 0.25) is 5.09 Å². The first-order valence-corrected chi connectivity index (χ1v) is 11.3. The molecule has 0 saturated heterocycles. The van der Waals surface area contributed by atoms with Crippen molar-refractivity contribution in [1.82, 2.24) is 10.7 Å². The fraction of sp³-hybridized carbons (Fsp3) is 0.0870. The summed E-state index contributed by atoms with van der Waals surface area (Å²) in [4.78, 5) is 25.5. The van der Waals surface area contributed by atoms with E-state index >= 15 is 0 Å². The van der Waals surface area contributed by atoms with Crippen LogP contribution in [0.1, 0.15) is 21.7 Å². The maximum Gasteiger partial charge on any atom is 1.00 e. The van der Waals surface area contributed by atoms with E-state index in [0.29, 0.717) is 22.6 Å². The van der Waals surface area contributed by atoms with Gasteiger partial charge in [-0.05, 0) is 48.0 Å². The predicted molar refractivity (Wildman–Crippen MR) is 124 cm³/mol. The Morgan fingerprint density at radius 3 is 2.31 bits per heavy atom. The molecule has 2 aromatic carbocycles. The van der Waals surface area contributed by atoms with Crippen LogP contribution in [0, 0.1) is 0 Å². The number of amides is 2. The second-order valence-corrected chi connectivity index (χ2v) is 8.11. The van der Waals surface area contributed by atoms with E-state index in [1.165, 1.54) is 26.4 Å². The summed E-state index contributed by atoms with van der Waals surface area (Å²) in [7, 11) is -1.82. The van der Waals surface area contributed by atoms with Gasteiger partial charge in [-0.3, -0.25) is 9.59 Å². The van der Waals surface area contributed by atoms with Crippen LogP contribution in [-0.4, -0.2) is 45.2 Å². The van der Waals surface area contributed by atoms with Gasteiger partial charge in [0.1, 0.15) is 11.5 Å². The van der Waals surface area contributed by atoms with E-state index in [4.69, 9.17) is 13.9 Å². The molecule has 1 heterocycles. The van der Waals surface area contributed by atoms with Gasteiger partial charge in [0.25, 0.3) is 11.8 Å². The summed E-state index contributed by atoms with van der Waals surface area (Å²) in [5, 5.41) is 5.45. The van der Waals surface area contributed by atoms with Crippen molar-refractivity contribution in [2.75, 3.05) is 14.2 Å².